The van der Waals surface area contributed by atoms with Crippen LogP contribution in [0.3, 0.4) is 0 Å². The first-order valence-corrected chi connectivity index (χ1v) is 8.39. The highest BCUT2D eigenvalue weighted by Gasteiger charge is 2.29. The van der Waals surface area contributed by atoms with E-state index in [0.29, 0.717) is 5.92 Å². The fourth-order valence-electron chi connectivity index (χ4n) is 2.60. The quantitative estimate of drug-likeness (QED) is 0.914. The lowest BCUT2D eigenvalue weighted by Crippen LogP contribution is -2.46. The number of hydrogen-bond acceptors (Lipinski definition) is 3. The van der Waals surface area contributed by atoms with Crippen LogP contribution in [0.2, 0.25) is 0 Å². The van der Waals surface area contributed by atoms with E-state index in [9.17, 15) is 4.79 Å². The van der Waals surface area contributed by atoms with Gasteiger partial charge in [-0.2, -0.15) is 0 Å². The van der Waals surface area contributed by atoms with Crippen LogP contribution in [-0.2, 0) is 4.79 Å². The molecule has 0 spiro atoms. The second kappa shape index (κ2) is 6.37. The number of piperidine rings is 1. The number of hydrogen-bond donors (Lipinski definition) is 1. The minimum Gasteiger partial charge on any atom is -0.342 e. The third kappa shape index (κ3) is 3.58. The zero-order chi connectivity index (χ0) is 14.0. The Kier molecular flexibility index (Phi) is 5.03. The van der Waals surface area contributed by atoms with Gasteiger partial charge in [-0.15, -0.1) is 11.3 Å². The number of halogens is 1. The number of nitrogens with zero attached hydrogens (tertiary/aromatic N) is 1. The smallest absolute Gasteiger partial charge is 0.230 e. The highest BCUT2D eigenvalue weighted by molar-refractivity contribution is 9.11. The van der Waals surface area contributed by atoms with Crippen molar-refractivity contribution in [2.75, 3.05) is 13.1 Å². The van der Waals surface area contributed by atoms with E-state index in [-0.39, 0.29) is 17.9 Å². The Labute approximate surface area is 127 Å². The summed E-state index contributed by atoms with van der Waals surface area (Å²) in [5.41, 5.74) is 5.98. The molecule has 0 aliphatic carbocycles. The first-order chi connectivity index (χ1) is 8.99. The summed E-state index contributed by atoms with van der Waals surface area (Å²) in [5, 5.41) is 0. The molecule has 1 saturated heterocycles. The summed E-state index contributed by atoms with van der Waals surface area (Å²) in [6.07, 6.45) is 2.21. The van der Waals surface area contributed by atoms with Crippen LogP contribution < -0.4 is 5.73 Å². The van der Waals surface area contributed by atoms with Gasteiger partial charge in [0.1, 0.15) is 0 Å². The SMILES string of the molecule is CC(C(=O)N1CCCC(C(C)N)C1)c1ccc(Br)s1. The lowest BCUT2D eigenvalue weighted by atomic mass is 9.91. The van der Waals surface area contributed by atoms with Gasteiger partial charge in [-0.1, -0.05) is 0 Å². The lowest BCUT2D eigenvalue weighted by molar-refractivity contribution is -0.134. The molecule has 3 unspecified atom stereocenters. The van der Waals surface area contributed by atoms with Crippen LogP contribution in [0.25, 0.3) is 0 Å². The number of nitrogens with two attached hydrogens (primary N) is 1. The summed E-state index contributed by atoms with van der Waals surface area (Å²) >= 11 is 5.09. The van der Waals surface area contributed by atoms with Crippen LogP contribution in [-0.4, -0.2) is 29.9 Å². The molecule has 3 nitrogen and oxygen atoms in total. The van der Waals surface area contributed by atoms with E-state index in [2.05, 4.69) is 15.9 Å². The van der Waals surface area contributed by atoms with Crippen LogP contribution in [0.5, 0.6) is 0 Å². The zero-order valence-electron chi connectivity index (χ0n) is 11.4. The van der Waals surface area contributed by atoms with Gasteiger partial charge >= 0.3 is 0 Å². The maximum Gasteiger partial charge on any atom is 0.230 e. The van der Waals surface area contributed by atoms with Crippen LogP contribution in [0.4, 0.5) is 0 Å². The number of carbonyl (C=O) groups is 1. The number of rotatable bonds is 3. The zero-order valence-corrected chi connectivity index (χ0v) is 13.8. The van der Waals surface area contributed by atoms with Crippen molar-refractivity contribution in [3.05, 3.63) is 20.8 Å². The summed E-state index contributed by atoms with van der Waals surface area (Å²) in [4.78, 5) is 15.7. The molecular weight excluding hydrogens is 324 g/mol. The highest BCUT2D eigenvalue weighted by atomic mass is 79.9. The first kappa shape index (κ1) is 15.0. The van der Waals surface area contributed by atoms with Crippen molar-refractivity contribution in [1.82, 2.24) is 4.90 Å². The second-order valence-corrected chi connectivity index (χ2v) is 7.90. The predicted molar refractivity (Wildman–Crippen MR) is 83.4 cm³/mol. The van der Waals surface area contributed by atoms with Gasteiger partial charge in [-0.3, -0.25) is 4.79 Å². The number of likely N-dealkylation sites (tertiary alicyclic amines) is 1. The molecule has 2 N–H and O–H groups in total. The molecule has 1 aliphatic rings. The molecule has 1 aromatic rings. The maximum absolute atomic E-state index is 12.6. The Bertz CT molecular complexity index is 446. The van der Waals surface area contributed by atoms with E-state index in [1.165, 1.54) is 0 Å². The molecule has 2 heterocycles. The Morgan fingerprint density at radius 2 is 2.26 bits per heavy atom. The van der Waals surface area contributed by atoms with E-state index >= 15 is 0 Å². The molecular formula is C14H21BrN2OS. The second-order valence-electron chi connectivity index (χ2n) is 5.41. The summed E-state index contributed by atoms with van der Waals surface area (Å²) in [7, 11) is 0. The van der Waals surface area contributed by atoms with Gasteiger partial charge in [0.15, 0.2) is 0 Å². The van der Waals surface area contributed by atoms with Gasteiger partial charge in [0.2, 0.25) is 5.91 Å². The van der Waals surface area contributed by atoms with Crippen LogP contribution in [0.1, 0.15) is 37.5 Å². The normalized spacial score (nSPS) is 23.2. The highest BCUT2D eigenvalue weighted by Crippen LogP contribution is 2.30. The van der Waals surface area contributed by atoms with E-state index < -0.39 is 0 Å². The van der Waals surface area contributed by atoms with E-state index in [4.69, 9.17) is 5.73 Å². The summed E-state index contributed by atoms with van der Waals surface area (Å²) < 4.78 is 1.08. The minimum absolute atomic E-state index is 0.0527. The van der Waals surface area contributed by atoms with Crippen molar-refractivity contribution < 1.29 is 4.79 Å². The largest absolute Gasteiger partial charge is 0.342 e. The first-order valence-electron chi connectivity index (χ1n) is 6.78. The Balaban J connectivity index is 2.02. The van der Waals surface area contributed by atoms with Crippen molar-refractivity contribution in [2.24, 2.45) is 11.7 Å². The molecule has 0 aromatic carbocycles. The van der Waals surface area contributed by atoms with Crippen LogP contribution >= 0.6 is 27.3 Å². The van der Waals surface area contributed by atoms with Crippen molar-refractivity contribution in [1.29, 1.82) is 0 Å². The molecule has 1 fully saturated rings. The molecule has 5 heteroatoms. The van der Waals surface area contributed by atoms with Gasteiger partial charge in [-0.05, 0) is 60.7 Å². The molecule has 3 atom stereocenters. The molecule has 0 bridgehead atoms. The van der Waals surface area contributed by atoms with Crippen molar-refractivity contribution in [2.45, 2.75) is 38.6 Å². The molecule has 1 aromatic heterocycles. The standard InChI is InChI=1S/C14H21BrN2OS/c1-9(12-5-6-13(15)19-12)14(18)17-7-3-4-11(8-17)10(2)16/h5-6,9-11H,3-4,7-8,16H2,1-2H3. The molecule has 19 heavy (non-hydrogen) atoms. The Hall–Kier alpha value is -0.390. The molecule has 2 rings (SSSR count). The average molecular weight is 345 g/mol. The Morgan fingerprint density at radius 3 is 2.84 bits per heavy atom. The summed E-state index contributed by atoms with van der Waals surface area (Å²) in [6.45, 7) is 5.72. The molecule has 1 aliphatic heterocycles. The predicted octanol–water partition coefficient (Wildman–Crippen LogP) is 3.20. The number of thiophene rings is 1. The van der Waals surface area contributed by atoms with E-state index in [1.807, 2.05) is 30.9 Å². The van der Waals surface area contributed by atoms with Gasteiger partial charge in [-0.25, -0.2) is 0 Å². The van der Waals surface area contributed by atoms with Gasteiger partial charge < -0.3 is 10.6 Å². The number of carbonyl (C=O) groups excluding carboxylic acids is 1. The van der Waals surface area contributed by atoms with Crippen molar-refractivity contribution in [3.8, 4) is 0 Å². The average Bonchev–Trinajstić information content (AvgIpc) is 2.84. The van der Waals surface area contributed by atoms with Crippen LogP contribution in [0.15, 0.2) is 15.9 Å². The van der Waals surface area contributed by atoms with Gasteiger partial charge in [0.25, 0.3) is 0 Å². The molecule has 1 amide bonds. The molecule has 106 valence electrons. The molecule has 0 saturated carbocycles. The monoisotopic (exact) mass is 344 g/mol. The summed E-state index contributed by atoms with van der Waals surface area (Å²) in [6, 6.07) is 4.21. The third-order valence-corrected chi connectivity index (χ3v) is 5.71. The minimum atomic E-state index is -0.0527. The third-order valence-electron chi connectivity index (χ3n) is 3.90. The van der Waals surface area contributed by atoms with Crippen molar-refractivity contribution >= 4 is 33.2 Å². The lowest BCUT2D eigenvalue weighted by Gasteiger charge is -2.35. The van der Waals surface area contributed by atoms with Crippen LogP contribution in [0, 0.1) is 5.92 Å². The maximum atomic E-state index is 12.6. The van der Waals surface area contributed by atoms with Crippen molar-refractivity contribution in [3.63, 3.8) is 0 Å². The fourth-order valence-corrected chi connectivity index (χ4v) is 4.06. The van der Waals surface area contributed by atoms with Gasteiger partial charge in [0, 0.05) is 24.0 Å². The van der Waals surface area contributed by atoms with E-state index in [1.54, 1.807) is 11.3 Å². The topological polar surface area (TPSA) is 46.3 Å². The van der Waals surface area contributed by atoms with E-state index in [0.717, 1.165) is 34.6 Å². The molecule has 0 radical (unpaired) electrons. The van der Waals surface area contributed by atoms with Gasteiger partial charge in [0.05, 0.1) is 9.70 Å². The number of amides is 1. The Morgan fingerprint density at radius 1 is 1.53 bits per heavy atom. The summed E-state index contributed by atoms with van der Waals surface area (Å²) in [5.74, 6) is 0.628. The fraction of sp³-hybridized carbons (Fsp3) is 0.643.